The molecule has 0 spiro atoms. The lowest BCUT2D eigenvalue weighted by Crippen LogP contribution is -2.24. The van der Waals surface area contributed by atoms with Crippen LogP contribution >= 0.6 is 0 Å². The molecular formula is C19H15N3O5. The summed E-state index contributed by atoms with van der Waals surface area (Å²) < 4.78 is 6.60. The van der Waals surface area contributed by atoms with Crippen LogP contribution in [0.15, 0.2) is 65.5 Å². The van der Waals surface area contributed by atoms with Crippen LogP contribution in [0.3, 0.4) is 0 Å². The molecule has 0 aliphatic carbocycles. The standard InChI is InChI=1S/C19H15N3O5/c1-13-10-17(23)18(20-21(13)15-7-3-2-4-8-15)19(24)27-12-14-6-5-9-16(11-14)22(25)26/h2-11H,12H2,1H3. The van der Waals surface area contributed by atoms with Crippen LogP contribution in [0.1, 0.15) is 21.7 Å². The van der Waals surface area contributed by atoms with E-state index in [1.165, 1.54) is 28.9 Å². The number of esters is 1. The Morgan fingerprint density at radius 3 is 2.59 bits per heavy atom. The highest BCUT2D eigenvalue weighted by molar-refractivity contribution is 5.86. The molecule has 0 N–H and O–H groups in total. The molecule has 0 unspecified atom stereocenters. The molecule has 0 atom stereocenters. The van der Waals surface area contributed by atoms with Crippen LogP contribution < -0.4 is 5.43 Å². The van der Waals surface area contributed by atoms with Crippen molar-refractivity contribution < 1.29 is 14.5 Å². The van der Waals surface area contributed by atoms with Crippen LogP contribution in [-0.2, 0) is 11.3 Å². The van der Waals surface area contributed by atoms with E-state index in [1.54, 1.807) is 25.1 Å². The van der Waals surface area contributed by atoms with Crippen LogP contribution in [0.25, 0.3) is 5.69 Å². The van der Waals surface area contributed by atoms with Crippen LogP contribution in [0.5, 0.6) is 0 Å². The molecule has 0 fully saturated rings. The smallest absolute Gasteiger partial charge is 0.363 e. The molecular weight excluding hydrogens is 350 g/mol. The van der Waals surface area contributed by atoms with Gasteiger partial charge in [0.25, 0.3) is 5.69 Å². The first-order valence-corrected chi connectivity index (χ1v) is 8.02. The SMILES string of the molecule is Cc1cc(=O)c(C(=O)OCc2cccc([N+](=O)[O-])c2)nn1-c1ccccc1. The summed E-state index contributed by atoms with van der Waals surface area (Å²) in [5.41, 5.74) is 0.694. The highest BCUT2D eigenvalue weighted by Crippen LogP contribution is 2.14. The zero-order chi connectivity index (χ0) is 19.4. The average Bonchev–Trinajstić information content (AvgIpc) is 2.67. The van der Waals surface area contributed by atoms with Gasteiger partial charge in [0.05, 0.1) is 10.6 Å². The number of rotatable bonds is 5. The molecule has 0 radical (unpaired) electrons. The molecule has 0 bridgehead atoms. The number of carbonyl (C=O) groups is 1. The Morgan fingerprint density at radius 2 is 1.89 bits per heavy atom. The van der Waals surface area contributed by atoms with Gasteiger partial charge in [0, 0.05) is 23.9 Å². The number of nitro benzene ring substituents is 1. The predicted octanol–water partition coefficient (Wildman–Crippen LogP) is 2.81. The third kappa shape index (κ3) is 4.06. The summed E-state index contributed by atoms with van der Waals surface area (Å²) in [7, 11) is 0. The Labute approximate surface area is 153 Å². The van der Waals surface area contributed by atoms with Crippen molar-refractivity contribution in [1.29, 1.82) is 0 Å². The number of aromatic nitrogens is 2. The Balaban J connectivity index is 1.84. The zero-order valence-corrected chi connectivity index (χ0v) is 14.4. The van der Waals surface area contributed by atoms with E-state index in [1.807, 2.05) is 18.2 Å². The van der Waals surface area contributed by atoms with Crippen LogP contribution in [0.2, 0.25) is 0 Å². The number of para-hydroxylation sites is 1. The maximum Gasteiger partial charge on any atom is 0.363 e. The van der Waals surface area contributed by atoms with Crippen LogP contribution in [-0.4, -0.2) is 20.7 Å². The summed E-state index contributed by atoms with van der Waals surface area (Å²) in [4.78, 5) is 34.7. The van der Waals surface area contributed by atoms with E-state index < -0.39 is 16.3 Å². The first-order valence-electron chi connectivity index (χ1n) is 8.02. The van der Waals surface area contributed by atoms with Crippen molar-refractivity contribution >= 4 is 11.7 Å². The molecule has 136 valence electrons. The van der Waals surface area contributed by atoms with Gasteiger partial charge in [0.1, 0.15) is 6.61 Å². The number of non-ortho nitro benzene ring substituents is 1. The van der Waals surface area contributed by atoms with Crippen molar-refractivity contribution in [2.45, 2.75) is 13.5 Å². The first kappa shape index (κ1) is 18.0. The van der Waals surface area contributed by atoms with Crippen molar-refractivity contribution in [2.24, 2.45) is 0 Å². The molecule has 3 aromatic rings. The monoisotopic (exact) mass is 365 g/mol. The molecule has 8 heteroatoms. The summed E-state index contributed by atoms with van der Waals surface area (Å²) in [6.07, 6.45) is 0. The summed E-state index contributed by atoms with van der Waals surface area (Å²) in [5, 5.41) is 14.9. The molecule has 3 rings (SSSR count). The molecule has 2 aromatic carbocycles. The Hall–Kier alpha value is -3.81. The van der Waals surface area contributed by atoms with Gasteiger partial charge < -0.3 is 4.74 Å². The number of aryl methyl sites for hydroxylation is 1. The van der Waals surface area contributed by atoms with Gasteiger partial charge in [-0.1, -0.05) is 30.3 Å². The van der Waals surface area contributed by atoms with E-state index >= 15 is 0 Å². The Morgan fingerprint density at radius 1 is 1.15 bits per heavy atom. The largest absolute Gasteiger partial charge is 0.456 e. The van der Waals surface area contributed by atoms with Gasteiger partial charge in [-0.05, 0) is 24.6 Å². The topological polar surface area (TPSA) is 104 Å². The molecule has 0 aliphatic heterocycles. The van der Waals surface area contributed by atoms with Crippen molar-refractivity contribution in [3.63, 3.8) is 0 Å². The first-order chi connectivity index (χ1) is 13.0. The number of hydrogen-bond acceptors (Lipinski definition) is 6. The van der Waals surface area contributed by atoms with Gasteiger partial charge in [-0.2, -0.15) is 5.10 Å². The van der Waals surface area contributed by atoms with E-state index in [2.05, 4.69) is 5.10 Å². The molecule has 0 saturated heterocycles. The van der Waals surface area contributed by atoms with Crippen molar-refractivity contribution in [2.75, 3.05) is 0 Å². The highest BCUT2D eigenvalue weighted by atomic mass is 16.6. The van der Waals surface area contributed by atoms with Gasteiger partial charge in [-0.15, -0.1) is 0 Å². The fourth-order valence-corrected chi connectivity index (χ4v) is 2.50. The maximum atomic E-state index is 12.3. The fraction of sp³-hybridized carbons (Fsp3) is 0.105. The second-order valence-electron chi connectivity index (χ2n) is 5.75. The number of benzene rings is 2. The zero-order valence-electron chi connectivity index (χ0n) is 14.4. The highest BCUT2D eigenvalue weighted by Gasteiger charge is 2.17. The number of hydrogen-bond donors (Lipinski definition) is 0. The summed E-state index contributed by atoms with van der Waals surface area (Å²) in [6, 6.07) is 16.1. The lowest BCUT2D eigenvalue weighted by atomic mass is 10.2. The predicted molar refractivity (Wildman–Crippen MR) is 96.8 cm³/mol. The van der Waals surface area contributed by atoms with Crippen LogP contribution in [0.4, 0.5) is 5.69 Å². The van der Waals surface area contributed by atoms with Gasteiger partial charge in [-0.3, -0.25) is 14.9 Å². The summed E-state index contributed by atoms with van der Waals surface area (Å²) >= 11 is 0. The van der Waals surface area contributed by atoms with Gasteiger partial charge in [-0.25, -0.2) is 9.48 Å². The van der Waals surface area contributed by atoms with E-state index in [-0.39, 0.29) is 18.0 Å². The van der Waals surface area contributed by atoms with Gasteiger partial charge in [0.15, 0.2) is 0 Å². The van der Waals surface area contributed by atoms with Gasteiger partial charge >= 0.3 is 5.97 Å². The third-order valence-corrected chi connectivity index (χ3v) is 3.79. The molecule has 1 aromatic heterocycles. The van der Waals surface area contributed by atoms with E-state index in [0.29, 0.717) is 16.9 Å². The minimum Gasteiger partial charge on any atom is -0.456 e. The third-order valence-electron chi connectivity index (χ3n) is 3.79. The Bertz CT molecular complexity index is 1060. The maximum absolute atomic E-state index is 12.3. The normalized spacial score (nSPS) is 10.4. The second-order valence-corrected chi connectivity index (χ2v) is 5.75. The molecule has 0 amide bonds. The molecule has 27 heavy (non-hydrogen) atoms. The van der Waals surface area contributed by atoms with Crippen molar-refractivity contribution in [1.82, 2.24) is 9.78 Å². The fourth-order valence-electron chi connectivity index (χ4n) is 2.50. The Kier molecular flexibility index (Phi) is 5.07. The number of nitrogens with zero attached hydrogens (tertiary/aromatic N) is 3. The van der Waals surface area contributed by atoms with Crippen LogP contribution in [0, 0.1) is 17.0 Å². The number of carbonyl (C=O) groups excluding carboxylic acids is 1. The van der Waals surface area contributed by atoms with E-state index in [4.69, 9.17) is 4.74 Å². The summed E-state index contributed by atoms with van der Waals surface area (Å²) in [6.45, 7) is 1.50. The number of ether oxygens (including phenoxy) is 1. The van der Waals surface area contributed by atoms with E-state index in [0.717, 1.165) is 0 Å². The minimum absolute atomic E-state index is 0.108. The molecule has 0 saturated carbocycles. The van der Waals surface area contributed by atoms with Crippen molar-refractivity contribution in [3.05, 3.63) is 98.0 Å². The summed E-state index contributed by atoms with van der Waals surface area (Å²) in [5.74, 6) is -0.892. The molecule has 1 heterocycles. The molecule has 0 aliphatic rings. The molecule has 8 nitrogen and oxygen atoms in total. The van der Waals surface area contributed by atoms with Crippen molar-refractivity contribution in [3.8, 4) is 5.69 Å². The quantitative estimate of drug-likeness (QED) is 0.391. The minimum atomic E-state index is -0.892. The average molecular weight is 365 g/mol. The number of nitro groups is 1. The lowest BCUT2D eigenvalue weighted by Gasteiger charge is -2.11. The second kappa shape index (κ2) is 7.61. The van der Waals surface area contributed by atoms with E-state index in [9.17, 15) is 19.7 Å². The van der Waals surface area contributed by atoms with Gasteiger partial charge in [0.2, 0.25) is 11.1 Å². The lowest BCUT2D eigenvalue weighted by molar-refractivity contribution is -0.384.